The third kappa shape index (κ3) is 2.44. The van der Waals surface area contributed by atoms with Crippen LogP contribution in [-0.4, -0.2) is 37.6 Å². The third-order valence-electron chi connectivity index (χ3n) is 4.14. The Hall–Kier alpha value is -1.20. The van der Waals surface area contributed by atoms with E-state index in [4.69, 9.17) is 9.57 Å². The number of piperidine rings is 1. The van der Waals surface area contributed by atoms with Gasteiger partial charge in [-0.25, -0.2) is 4.39 Å². The van der Waals surface area contributed by atoms with Gasteiger partial charge >= 0.3 is 0 Å². The summed E-state index contributed by atoms with van der Waals surface area (Å²) in [6, 6.07) is 0. The van der Waals surface area contributed by atoms with Gasteiger partial charge in [-0.3, -0.25) is 0 Å². The summed E-state index contributed by atoms with van der Waals surface area (Å²) in [5.41, 5.74) is 0.718. The molecule has 0 radical (unpaired) electrons. The Bertz CT molecular complexity index is 439. The molecule has 0 bridgehead atoms. The van der Waals surface area contributed by atoms with Crippen LogP contribution in [0.4, 0.5) is 4.39 Å². The zero-order chi connectivity index (χ0) is 13.3. The number of hydrogen-bond donors (Lipinski definition) is 1. The first-order valence-electron chi connectivity index (χ1n) is 6.76. The number of hydrogen-bond acceptors (Lipinski definition) is 4. The number of nitrogens with one attached hydrogen (secondary N) is 1. The maximum atomic E-state index is 13.4. The van der Waals surface area contributed by atoms with E-state index in [9.17, 15) is 4.39 Å². The van der Waals surface area contributed by atoms with Gasteiger partial charge in [-0.1, -0.05) is 11.2 Å². The molecule has 1 spiro atoms. The molecule has 5 heteroatoms. The number of oxime groups is 1. The molecular formula is C14H19FN2O2. The SMILES string of the molecule is CO/N=C1\CC2(CCNCC2)OC2C=CC(F)=CC12. The Balaban J connectivity index is 1.89. The molecule has 0 aromatic heterocycles. The fourth-order valence-electron chi connectivity index (χ4n) is 3.19. The van der Waals surface area contributed by atoms with Crippen LogP contribution in [0.25, 0.3) is 0 Å². The molecule has 4 nitrogen and oxygen atoms in total. The lowest BCUT2D eigenvalue weighted by Gasteiger charge is -2.46. The molecule has 2 unspecified atom stereocenters. The predicted molar refractivity (Wildman–Crippen MR) is 70.6 cm³/mol. The summed E-state index contributed by atoms with van der Waals surface area (Å²) < 4.78 is 19.7. The van der Waals surface area contributed by atoms with Gasteiger partial charge < -0.3 is 14.9 Å². The van der Waals surface area contributed by atoms with E-state index in [1.54, 1.807) is 12.2 Å². The number of fused-ring (bicyclic) bond motifs is 1. The molecule has 0 aromatic rings. The summed E-state index contributed by atoms with van der Waals surface area (Å²) in [5.74, 6) is -0.361. The Kier molecular flexibility index (Phi) is 3.41. The Morgan fingerprint density at radius 1 is 1.47 bits per heavy atom. The van der Waals surface area contributed by atoms with Crippen LogP contribution in [0.15, 0.2) is 29.2 Å². The van der Waals surface area contributed by atoms with E-state index in [-0.39, 0.29) is 23.4 Å². The van der Waals surface area contributed by atoms with Crippen molar-refractivity contribution in [3.63, 3.8) is 0 Å². The summed E-state index contributed by atoms with van der Waals surface area (Å²) in [6.45, 7) is 1.90. The van der Waals surface area contributed by atoms with Crippen molar-refractivity contribution in [3.8, 4) is 0 Å². The van der Waals surface area contributed by atoms with Gasteiger partial charge in [0.05, 0.1) is 23.3 Å². The summed E-state index contributed by atoms with van der Waals surface area (Å²) in [4.78, 5) is 4.94. The summed E-state index contributed by atoms with van der Waals surface area (Å²) in [5, 5.41) is 7.46. The molecule has 1 N–H and O–H groups in total. The highest BCUT2D eigenvalue weighted by Gasteiger charge is 2.45. The normalized spacial score (nSPS) is 35.1. The van der Waals surface area contributed by atoms with Crippen LogP contribution in [0.2, 0.25) is 0 Å². The second kappa shape index (κ2) is 5.06. The average molecular weight is 266 g/mol. The van der Waals surface area contributed by atoms with Crippen molar-refractivity contribution in [3.05, 3.63) is 24.1 Å². The fraction of sp³-hybridized carbons (Fsp3) is 0.643. The summed E-state index contributed by atoms with van der Waals surface area (Å²) in [7, 11) is 1.53. The maximum Gasteiger partial charge on any atom is 0.119 e. The molecule has 2 saturated heterocycles. The first-order valence-corrected chi connectivity index (χ1v) is 6.76. The van der Waals surface area contributed by atoms with Crippen molar-refractivity contribution in [2.24, 2.45) is 11.1 Å². The smallest absolute Gasteiger partial charge is 0.119 e. The first-order chi connectivity index (χ1) is 9.22. The van der Waals surface area contributed by atoms with Crippen LogP contribution in [0.3, 0.4) is 0 Å². The van der Waals surface area contributed by atoms with Gasteiger partial charge in [0.1, 0.15) is 12.9 Å². The Morgan fingerprint density at radius 2 is 2.26 bits per heavy atom. The zero-order valence-corrected chi connectivity index (χ0v) is 11.1. The van der Waals surface area contributed by atoms with Crippen LogP contribution >= 0.6 is 0 Å². The number of nitrogens with zero attached hydrogens (tertiary/aromatic N) is 1. The van der Waals surface area contributed by atoms with E-state index in [1.807, 2.05) is 0 Å². The minimum Gasteiger partial charge on any atom is -0.399 e. The Morgan fingerprint density at radius 3 is 3.00 bits per heavy atom. The summed E-state index contributed by atoms with van der Waals surface area (Å²) >= 11 is 0. The van der Waals surface area contributed by atoms with Crippen LogP contribution in [0, 0.1) is 5.92 Å². The van der Waals surface area contributed by atoms with Gasteiger partial charge in [0, 0.05) is 6.42 Å². The topological polar surface area (TPSA) is 42.8 Å². The van der Waals surface area contributed by atoms with Crippen LogP contribution < -0.4 is 5.32 Å². The largest absolute Gasteiger partial charge is 0.399 e. The predicted octanol–water partition coefficient (Wildman–Crippen LogP) is 1.94. The number of allylic oxidation sites excluding steroid dienone is 2. The molecule has 0 saturated carbocycles. The van der Waals surface area contributed by atoms with Crippen molar-refractivity contribution in [1.82, 2.24) is 5.32 Å². The second-order valence-electron chi connectivity index (χ2n) is 5.39. The van der Waals surface area contributed by atoms with Gasteiger partial charge in [0.2, 0.25) is 0 Å². The van der Waals surface area contributed by atoms with E-state index < -0.39 is 0 Å². The quantitative estimate of drug-likeness (QED) is 0.738. The van der Waals surface area contributed by atoms with Gasteiger partial charge in [0.25, 0.3) is 0 Å². The first kappa shape index (κ1) is 12.8. The second-order valence-corrected chi connectivity index (χ2v) is 5.39. The van der Waals surface area contributed by atoms with E-state index in [0.29, 0.717) is 0 Å². The van der Waals surface area contributed by atoms with Crippen molar-refractivity contribution in [2.75, 3.05) is 20.2 Å². The molecule has 3 aliphatic rings. The molecule has 1 aliphatic carbocycles. The molecule has 0 amide bonds. The maximum absolute atomic E-state index is 13.4. The van der Waals surface area contributed by atoms with Crippen molar-refractivity contribution >= 4 is 5.71 Å². The van der Waals surface area contributed by atoms with Crippen molar-refractivity contribution in [2.45, 2.75) is 31.0 Å². The lowest BCUT2D eigenvalue weighted by molar-refractivity contribution is -0.109. The van der Waals surface area contributed by atoms with Crippen LogP contribution in [0.5, 0.6) is 0 Å². The minimum atomic E-state index is -0.227. The molecule has 0 aromatic carbocycles. The fourth-order valence-corrected chi connectivity index (χ4v) is 3.19. The van der Waals surface area contributed by atoms with Gasteiger partial charge in [0.15, 0.2) is 0 Å². The number of rotatable bonds is 1. The lowest BCUT2D eigenvalue weighted by Crippen LogP contribution is -2.53. The molecule has 19 heavy (non-hydrogen) atoms. The zero-order valence-electron chi connectivity index (χ0n) is 11.1. The van der Waals surface area contributed by atoms with E-state index in [1.165, 1.54) is 13.2 Å². The highest BCUT2D eigenvalue weighted by Crippen LogP contribution is 2.39. The van der Waals surface area contributed by atoms with Gasteiger partial charge in [-0.05, 0) is 38.1 Å². The van der Waals surface area contributed by atoms with Crippen LogP contribution in [0.1, 0.15) is 19.3 Å². The van der Waals surface area contributed by atoms with Crippen molar-refractivity contribution < 1.29 is 14.0 Å². The highest BCUT2D eigenvalue weighted by atomic mass is 19.1. The van der Waals surface area contributed by atoms with E-state index in [0.717, 1.165) is 38.1 Å². The Labute approximate surface area is 112 Å². The molecule has 2 fully saturated rings. The van der Waals surface area contributed by atoms with Gasteiger partial charge in [-0.15, -0.1) is 0 Å². The summed E-state index contributed by atoms with van der Waals surface area (Å²) in [6.07, 6.45) is 7.37. The monoisotopic (exact) mass is 266 g/mol. The number of ether oxygens (including phenoxy) is 1. The minimum absolute atomic E-state index is 0.125. The van der Waals surface area contributed by atoms with Crippen molar-refractivity contribution in [1.29, 1.82) is 0 Å². The molecule has 2 aliphatic heterocycles. The molecule has 104 valence electrons. The number of halogens is 1. The standard InChI is InChI=1S/C14H19FN2O2/c1-18-17-12-9-14(4-6-16-7-5-14)19-13-3-2-10(15)8-11(12)13/h2-3,8,11,13,16H,4-7,9H2,1H3/b17-12+. The van der Waals surface area contributed by atoms with Crippen LogP contribution in [-0.2, 0) is 9.57 Å². The highest BCUT2D eigenvalue weighted by molar-refractivity contribution is 5.90. The third-order valence-corrected chi connectivity index (χ3v) is 4.14. The molecule has 3 rings (SSSR count). The average Bonchev–Trinajstić information content (AvgIpc) is 2.41. The van der Waals surface area contributed by atoms with E-state index in [2.05, 4.69) is 10.5 Å². The molecule has 2 atom stereocenters. The van der Waals surface area contributed by atoms with Gasteiger partial charge in [-0.2, -0.15) is 0 Å². The lowest BCUT2D eigenvalue weighted by atomic mass is 9.77. The molecular weight excluding hydrogens is 247 g/mol. The van der Waals surface area contributed by atoms with E-state index >= 15 is 0 Å². The molecule has 2 heterocycles.